The number of esters is 1. The lowest BCUT2D eigenvalue weighted by Crippen LogP contribution is -2.40. The van der Waals surface area contributed by atoms with E-state index in [0.29, 0.717) is 41.0 Å². The van der Waals surface area contributed by atoms with Gasteiger partial charge in [-0.1, -0.05) is 29.3 Å². The average molecular weight is 435 g/mol. The molecule has 3 rings (SSSR count). The predicted molar refractivity (Wildman–Crippen MR) is 115 cm³/mol. The Morgan fingerprint density at radius 1 is 1.14 bits per heavy atom. The van der Waals surface area contributed by atoms with Crippen molar-refractivity contribution in [3.63, 3.8) is 0 Å². The molecule has 1 saturated heterocycles. The first-order valence-corrected chi connectivity index (χ1v) is 10.5. The summed E-state index contributed by atoms with van der Waals surface area (Å²) in [5, 5.41) is 4.24. The number of piperidine rings is 1. The molecule has 1 aliphatic heterocycles. The molecule has 0 saturated carbocycles. The maximum Gasteiger partial charge on any atom is 0.338 e. The Kier molecular flexibility index (Phi) is 7.53. The van der Waals surface area contributed by atoms with Crippen LogP contribution in [-0.4, -0.2) is 36.5 Å². The van der Waals surface area contributed by atoms with E-state index in [1.54, 1.807) is 31.2 Å². The molecule has 1 amide bonds. The first kappa shape index (κ1) is 21.6. The Hall–Kier alpha value is -2.08. The van der Waals surface area contributed by atoms with Crippen LogP contribution >= 0.6 is 23.2 Å². The highest BCUT2D eigenvalue weighted by molar-refractivity contribution is 6.35. The van der Waals surface area contributed by atoms with Crippen molar-refractivity contribution < 1.29 is 14.3 Å². The van der Waals surface area contributed by atoms with E-state index in [4.69, 9.17) is 27.9 Å². The van der Waals surface area contributed by atoms with Crippen molar-refractivity contribution in [3.8, 4) is 0 Å². The molecular formula is C22H24Cl2N2O3. The highest BCUT2D eigenvalue weighted by Gasteiger charge is 2.26. The van der Waals surface area contributed by atoms with Gasteiger partial charge >= 0.3 is 5.97 Å². The van der Waals surface area contributed by atoms with Gasteiger partial charge in [0.05, 0.1) is 18.1 Å². The molecule has 29 heavy (non-hydrogen) atoms. The molecule has 1 fully saturated rings. The molecular weight excluding hydrogens is 411 g/mol. The molecule has 1 unspecified atom stereocenters. The molecule has 0 aromatic heterocycles. The number of carbonyl (C=O) groups excluding carboxylic acids is 2. The van der Waals surface area contributed by atoms with Crippen LogP contribution in [0.1, 0.15) is 35.7 Å². The van der Waals surface area contributed by atoms with E-state index >= 15 is 0 Å². The highest BCUT2D eigenvalue weighted by atomic mass is 35.5. The van der Waals surface area contributed by atoms with Crippen molar-refractivity contribution >= 4 is 40.8 Å². The molecule has 0 aliphatic carbocycles. The zero-order valence-corrected chi connectivity index (χ0v) is 17.8. The van der Waals surface area contributed by atoms with Crippen LogP contribution in [0.25, 0.3) is 0 Å². The Bertz CT molecular complexity index is 851. The van der Waals surface area contributed by atoms with Gasteiger partial charge in [0, 0.05) is 34.4 Å². The third-order valence-electron chi connectivity index (χ3n) is 4.98. The van der Waals surface area contributed by atoms with E-state index in [-0.39, 0.29) is 17.8 Å². The normalized spacial score (nSPS) is 17.0. The van der Waals surface area contributed by atoms with Crippen LogP contribution < -0.4 is 5.32 Å². The smallest absolute Gasteiger partial charge is 0.338 e. The molecule has 0 radical (unpaired) electrons. The standard InChI is InChI=1S/C22H24Cl2N2O3/c1-2-29-22(28)15-8-10-17(11-9-15)25-21(27)16-5-4-12-26(13-16)14-18-19(23)6-3-7-20(18)24/h3,6-11,16H,2,4-5,12-14H2,1H3,(H,25,27). The lowest BCUT2D eigenvalue weighted by Gasteiger charge is -2.32. The summed E-state index contributed by atoms with van der Waals surface area (Å²) < 4.78 is 4.97. The van der Waals surface area contributed by atoms with Gasteiger partial charge in [0.25, 0.3) is 0 Å². The molecule has 5 nitrogen and oxygen atoms in total. The summed E-state index contributed by atoms with van der Waals surface area (Å²) in [5.41, 5.74) is 2.02. The number of carbonyl (C=O) groups is 2. The van der Waals surface area contributed by atoms with Crippen LogP contribution in [0.4, 0.5) is 5.69 Å². The number of nitrogens with one attached hydrogen (secondary N) is 1. The van der Waals surface area contributed by atoms with Gasteiger partial charge in [-0.3, -0.25) is 9.69 Å². The van der Waals surface area contributed by atoms with Crippen LogP contribution in [0.2, 0.25) is 10.0 Å². The number of hydrogen-bond acceptors (Lipinski definition) is 4. The van der Waals surface area contributed by atoms with E-state index in [0.717, 1.165) is 24.9 Å². The van der Waals surface area contributed by atoms with Gasteiger partial charge in [-0.05, 0) is 62.7 Å². The summed E-state index contributed by atoms with van der Waals surface area (Å²) in [6.45, 7) is 4.26. The lowest BCUT2D eigenvalue weighted by atomic mass is 9.96. The topological polar surface area (TPSA) is 58.6 Å². The minimum atomic E-state index is -0.369. The third-order valence-corrected chi connectivity index (χ3v) is 5.69. The van der Waals surface area contributed by atoms with E-state index in [2.05, 4.69) is 10.2 Å². The van der Waals surface area contributed by atoms with E-state index in [9.17, 15) is 9.59 Å². The number of anilines is 1. The molecule has 1 atom stereocenters. The molecule has 2 aromatic rings. The third kappa shape index (κ3) is 5.72. The molecule has 2 aromatic carbocycles. The SMILES string of the molecule is CCOC(=O)c1ccc(NC(=O)C2CCCN(Cc3c(Cl)cccc3Cl)C2)cc1. The van der Waals surface area contributed by atoms with Crippen molar-refractivity contribution in [2.24, 2.45) is 5.92 Å². The number of benzene rings is 2. The summed E-state index contributed by atoms with van der Waals surface area (Å²) in [6.07, 6.45) is 1.77. The fourth-order valence-electron chi connectivity index (χ4n) is 3.47. The number of ether oxygens (including phenoxy) is 1. The van der Waals surface area contributed by atoms with Gasteiger partial charge in [-0.25, -0.2) is 4.79 Å². The largest absolute Gasteiger partial charge is 0.462 e. The Morgan fingerprint density at radius 3 is 2.48 bits per heavy atom. The van der Waals surface area contributed by atoms with Crippen molar-refractivity contribution in [1.82, 2.24) is 4.90 Å². The molecule has 1 N–H and O–H groups in total. The van der Waals surface area contributed by atoms with Crippen molar-refractivity contribution in [3.05, 3.63) is 63.6 Å². The van der Waals surface area contributed by atoms with Crippen molar-refractivity contribution in [2.45, 2.75) is 26.3 Å². The number of halogens is 2. The fourth-order valence-corrected chi connectivity index (χ4v) is 3.99. The Balaban J connectivity index is 1.59. The van der Waals surface area contributed by atoms with Crippen molar-refractivity contribution in [2.75, 3.05) is 25.0 Å². The zero-order chi connectivity index (χ0) is 20.8. The number of amides is 1. The van der Waals surface area contributed by atoms with Crippen LogP contribution in [0, 0.1) is 5.92 Å². The van der Waals surface area contributed by atoms with Crippen molar-refractivity contribution in [1.29, 1.82) is 0 Å². The predicted octanol–water partition coefficient (Wildman–Crippen LogP) is 5.02. The maximum atomic E-state index is 12.7. The molecule has 1 heterocycles. The summed E-state index contributed by atoms with van der Waals surface area (Å²) in [5.74, 6) is -0.509. The second-order valence-electron chi connectivity index (χ2n) is 7.06. The van der Waals surface area contributed by atoms with Crippen LogP contribution in [0.5, 0.6) is 0 Å². The highest BCUT2D eigenvalue weighted by Crippen LogP contribution is 2.28. The van der Waals surface area contributed by atoms with E-state index < -0.39 is 0 Å². The van der Waals surface area contributed by atoms with Crippen LogP contribution in [0.15, 0.2) is 42.5 Å². The quantitative estimate of drug-likeness (QED) is 0.648. The fraction of sp³-hybridized carbons (Fsp3) is 0.364. The minimum absolute atomic E-state index is 0.0242. The monoisotopic (exact) mass is 434 g/mol. The lowest BCUT2D eigenvalue weighted by molar-refractivity contribution is -0.121. The van der Waals surface area contributed by atoms with Crippen LogP contribution in [0.3, 0.4) is 0 Å². The second-order valence-corrected chi connectivity index (χ2v) is 7.88. The molecule has 0 spiro atoms. The molecule has 154 valence electrons. The summed E-state index contributed by atoms with van der Waals surface area (Å²) >= 11 is 12.6. The number of nitrogens with zero attached hydrogens (tertiary/aromatic N) is 1. The number of likely N-dealkylation sites (tertiary alicyclic amines) is 1. The maximum absolute atomic E-state index is 12.7. The molecule has 7 heteroatoms. The van der Waals surface area contributed by atoms with Gasteiger partial charge in [0.15, 0.2) is 0 Å². The van der Waals surface area contributed by atoms with Gasteiger partial charge in [-0.2, -0.15) is 0 Å². The van der Waals surface area contributed by atoms with Gasteiger partial charge in [0.2, 0.25) is 5.91 Å². The van der Waals surface area contributed by atoms with Crippen LogP contribution in [-0.2, 0) is 16.1 Å². The first-order valence-electron chi connectivity index (χ1n) is 9.71. The van der Waals surface area contributed by atoms with Gasteiger partial charge < -0.3 is 10.1 Å². The first-order chi connectivity index (χ1) is 14.0. The molecule has 0 bridgehead atoms. The Morgan fingerprint density at radius 2 is 1.83 bits per heavy atom. The average Bonchev–Trinajstić information content (AvgIpc) is 2.72. The van der Waals surface area contributed by atoms with E-state index in [1.807, 2.05) is 18.2 Å². The summed E-state index contributed by atoms with van der Waals surface area (Å²) in [6, 6.07) is 12.2. The molecule has 1 aliphatic rings. The van der Waals surface area contributed by atoms with Gasteiger partial charge in [-0.15, -0.1) is 0 Å². The minimum Gasteiger partial charge on any atom is -0.462 e. The second kappa shape index (κ2) is 10.1. The summed E-state index contributed by atoms with van der Waals surface area (Å²) in [7, 11) is 0. The zero-order valence-electron chi connectivity index (χ0n) is 16.3. The Labute approximate surface area is 180 Å². The van der Waals surface area contributed by atoms with Gasteiger partial charge in [0.1, 0.15) is 0 Å². The summed E-state index contributed by atoms with van der Waals surface area (Å²) in [4.78, 5) is 26.7. The van der Waals surface area contributed by atoms with E-state index in [1.165, 1.54) is 0 Å². The number of hydrogen-bond donors (Lipinski definition) is 1. The number of rotatable bonds is 6.